The van der Waals surface area contributed by atoms with Crippen LogP contribution in [0.25, 0.3) is 11.1 Å². The number of imide groups is 1. The zero-order valence-electron chi connectivity index (χ0n) is 16.7. The van der Waals surface area contributed by atoms with Crippen LogP contribution in [0.1, 0.15) is 26.3 Å². The lowest BCUT2D eigenvalue weighted by Crippen LogP contribution is -2.29. The quantitative estimate of drug-likeness (QED) is 0.398. The summed E-state index contributed by atoms with van der Waals surface area (Å²) in [4.78, 5) is 26.7. The van der Waals surface area contributed by atoms with Crippen LogP contribution in [0.2, 0.25) is 0 Å². The summed E-state index contributed by atoms with van der Waals surface area (Å²) in [7, 11) is 0. The molecule has 0 saturated carbocycles. The van der Waals surface area contributed by atoms with Crippen LogP contribution in [0.15, 0.2) is 103 Å². The van der Waals surface area contributed by atoms with E-state index < -0.39 is 0 Å². The van der Waals surface area contributed by atoms with Crippen LogP contribution in [-0.2, 0) is 6.61 Å². The highest BCUT2D eigenvalue weighted by Gasteiger charge is 2.36. The zero-order chi connectivity index (χ0) is 21.2. The number of hydrogen-bond acceptors (Lipinski definition) is 3. The number of benzene rings is 4. The van der Waals surface area contributed by atoms with E-state index in [2.05, 4.69) is 0 Å². The van der Waals surface area contributed by atoms with E-state index >= 15 is 0 Å². The summed E-state index contributed by atoms with van der Waals surface area (Å²) >= 11 is 0. The van der Waals surface area contributed by atoms with E-state index in [0.717, 1.165) is 22.4 Å². The number of fused-ring (bicyclic) bond motifs is 1. The molecule has 0 unspecified atom stereocenters. The monoisotopic (exact) mass is 405 g/mol. The standard InChI is InChI=1S/C27H19NO3/c29-26-23-11-4-5-12-24(23)27(30)28(26)21-16-14-20(15-17-21)22-10-6-7-13-25(22)31-18-19-8-2-1-3-9-19/h1-17H,18H2. The first kappa shape index (κ1) is 18.8. The maximum absolute atomic E-state index is 12.7. The molecule has 150 valence electrons. The Morgan fingerprint density at radius 2 is 1.13 bits per heavy atom. The van der Waals surface area contributed by atoms with E-state index in [9.17, 15) is 9.59 Å². The summed E-state index contributed by atoms with van der Waals surface area (Å²) in [6.45, 7) is 0.477. The number of carbonyl (C=O) groups is 2. The maximum Gasteiger partial charge on any atom is 0.266 e. The molecule has 1 aliphatic rings. The van der Waals surface area contributed by atoms with E-state index in [1.165, 1.54) is 4.90 Å². The van der Waals surface area contributed by atoms with Crippen LogP contribution in [0, 0.1) is 0 Å². The van der Waals surface area contributed by atoms with Crippen LogP contribution in [-0.4, -0.2) is 11.8 Å². The van der Waals surface area contributed by atoms with Gasteiger partial charge in [0.25, 0.3) is 11.8 Å². The first-order valence-electron chi connectivity index (χ1n) is 10.1. The van der Waals surface area contributed by atoms with Gasteiger partial charge in [-0.2, -0.15) is 0 Å². The van der Waals surface area contributed by atoms with Gasteiger partial charge in [0.2, 0.25) is 0 Å². The van der Waals surface area contributed by atoms with Crippen LogP contribution >= 0.6 is 0 Å². The zero-order valence-corrected chi connectivity index (χ0v) is 16.7. The Morgan fingerprint density at radius 1 is 0.581 bits per heavy atom. The highest BCUT2D eigenvalue weighted by Crippen LogP contribution is 2.33. The van der Waals surface area contributed by atoms with Crippen molar-refractivity contribution in [3.8, 4) is 16.9 Å². The molecule has 1 aliphatic heterocycles. The van der Waals surface area contributed by atoms with Gasteiger partial charge in [0.1, 0.15) is 12.4 Å². The second-order valence-corrected chi connectivity index (χ2v) is 7.31. The summed E-state index contributed by atoms with van der Waals surface area (Å²) < 4.78 is 6.07. The molecule has 5 rings (SSSR count). The predicted molar refractivity (Wildman–Crippen MR) is 120 cm³/mol. The van der Waals surface area contributed by atoms with Crippen LogP contribution in [0.5, 0.6) is 5.75 Å². The molecule has 0 radical (unpaired) electrons. The fraction of sp³-hybridized carbons (Fsp3) is 0.0370. The lowest BCUT2D eigenvalue weighted by molar-refractivity contribution is 0.0926. The average molecular weight is 405 g/mol. The number of amides is 2. The van der Waals surface area contributed by atoms with E-state index in [-0.39, 0.29) is 11.8 Å². The van der Waals surface area contributed by atoms with Crippen molar-refractivity contribution in [2.45, 2.75) is 6.61 Å². The minimum Gasteiger partial charge on any atom is -0.488 e. The number of ether oxygens (including phenoxy) is 1. The van der Waals surface area contributed by atoms with Gasteiger partial charge in [-0.25, -0.2) is 4.90 Å². The van der Waals surface area contributed by atoms with Crippen molar-refractivity contribution in [1.29, 1.82) is 0 Å². The van der Waals surface area contributed by atoms with Crippen molar-refractivity contribution in [2.24, 2.45) is 0 Å². The molecule has 4 aromatic rings. The Balaban J connectivity index is 1.40. The van der Waals surface area contributed by atoms with E-state index in [4.69, 9.17) is 4.74 Å². The fourth-order valence-electron chi connectivity index (χ4n) is 3.78. The van der Waals surface area contributed by atoms with Gasteiger partial charge in [0.15, 0.2) is 0 Å². The molecule has 4 heteroatoms. The molecule has 1 heterocycles. The smallest absolute Gasteiger partial charge is 0.266 e. The Hall–Kier alpha value is -4.18. The molecule has 2 amide bonds. The molecule has 4 nitrogen and oxygen atoms in total. The van der Waals surface area contributed by atoms with Crippen molar-refractivity contribution >= 4 is 17.5 Å². The molecular formula is C27H19NO3. The summed E-state index contributed by atoms with van der Waals surface area (Å²) in [6.07, 6.45) is 0. The fourth-order valence-corrected chi connectivity index (χ4v) is 3.78. The maximum atomic E-state index is 12.7. The normalized spacial score (nSPS) is 12.7. The molecule has 0 aromatic heterocycles. The number of para-hydroxylation sites is 1. The summed E-state index contributed by atoms with van der Waals surface area (Å²) in [5.41, 5.74) is 4.43. The second kappa shape index (κ2) is 7.92. The van der Waals surface area contributed by atoms with Gasteiger partial charge in [0.05, 0.1) is 16.8 Å². The third-order valence-electron chi connectivity index (χ3n) is 5.35. The third-order valence-corrected chi connectivity index (χ3v) is 5.35. The Morgan fingerprint density at radius 3 is 1.77 bits per heavy atom. The highest BCUT2D eigenvalue weighted by molar-refractivity contribution is 6.34. The van der Waals surface area contributed by atoms with Gasteiger partial charge in [-0.05, 0) is 41.5 Å². The molecule has 0 bridgehead atoms. The highest BCUT2D eigenvalue weighted by atomic mass is 16.5. The topological polar surface area (TPSA) is 46.6 Å². The molecule has 0 atom stereocenters. The first-order valence-corrected chi connectivity index (χ1v) is 10.1. The molecule has 31 heavy (non-hydrogen) atoms. The third kappa shape index (κ3) is 3.49. The van der Waals surface area contributed by atoms with E-state index in [1.54, 1.807) is 36.4 Å². The van der Waals surface area contributed by atoms with Gasteiger partial charge >= 0.3 is 0 Å². The minimum atomic E-state index is -0.292. The van der Waals surface area contributed by atoms with Gasteiger partial charge in [-0.1, -0.05) is 72.8 Å². The Kier molecular flexibility index (Phi) is 4.81. The minimum absolute atomic E-state index is 0.292. The van der Waals surface area contributed by atoms with Crippen molar-refractivity contribution in [2.75, 3.05) is 4.90 Å². The van der Waals surface area contributed by atoms with Crippen molar-refractivity contribution in [3.05, 3.63) is 120 Å². The molecular weight excluding hydrogens is 386 g/mol. The SMILES string of the molecule is O=C1c2ccccc2C(=O)N1c1ccc(-c2ccccc2OCc2ccccc2)cc1. The summed E-state index contributed by atoms with van der Waals surface area (Å²) in [5, 5.41) is 0. The molecule has 0 aliphatic carbocycles. The molecule has 0 spiro atoms. The lowest BCUT2D eigenvalue weighted by Gasteiger charge is -2.15. The summed E-state index contributed by atoms with van der Waals surface area (Å²) in [5.74, 6) is 0.194. The van der Waals surface area contributed by atoms with Crippen LogP contribution in [0.3, 0.4) is 0 Å². The number of nitrogens with zero attached hydrogens (tertiary/aromatic N) is 1. The van der Waals surface area contributed by atoms with Crippen molar-refractivity contribution in [3.63, 3.8) is 0 Å². The molecule has 4 aromatic carbocycles. The number of hydrogen-bond donors (Lipinski definition) is 0. The van der Waals surface area contributed by atoms with Gasteiger partial charge in [0, 0.05) is 5.56 Å². The van der Waals surface area contributed by atoms with Gasteiger partial charge in [-0.3, -0.25) is 9.59 Å². The average Bonchev–Trinajstić information content (AvgIpc) is 3.09. The van der Waals surface area contributed by atoms with Gasteiger partial charge < -0.3 is 4.74 Å². The summed E-state index contributed by atoms with van der Waals surface area (Å²) in [6, 6.07) is 32.2. The van der Waals surface area contributed by atoms with Gasteiger partial charge in [-0.15, -0.1) is 0 Å². The largest absolute Gasteiger partial charge is 0.488 e. The van der Waals surface area contributed by atoms with Crippen LogP contribution < -0.4 is 9.64 Å². The number of anilines is 1. The van der Waals surface area contributed by atoms with E-state index in [0.29, 0.717) is 23.4 Å². The van der Waals surface area contributed by atoms with Crippen molar-refractivity contribution < 1.29 is 14.3 Å². The van der Waals surface area contributed by atoms with Crippen LogP contribution in [0.4, 0.5) is 5.69 Å². The second-order valence-electron chi connectivity index (χ2n) is 7.31. The lowest BCUT2D eigenvalue weighted by atomic mass is 10.0. The van der Waals surface area contributed by atoms with Crippen molar-refractivity contribution in [1.82, 2.24) is 0 Å². The number of carbonyl (C=O) groups excluding carboxylic acids is 2. The predicted octanol–water partition coefficient (Wildman–Crippen LogP) is 5.73. The molecule has 0 fully saturated rings. The number of rotatable bonds is 5. The molecule has 0 saturated heterocycles. The molecule has 0 N–H and O–H groups in total. The van der Waals surface area contributed by atoms with E-state index in [1.807, 2.05) is 66.7 Å². The Labute approximate surface area is 180 Å². The first-order chi connectivity index (χ1) is 15.2. The Bertz CT molecular complexity index is 1230.